The van der Waals surface area contributed by atoms with Crippen LogP contribution in [0.2, 0.25) is 0 Å². The Morgan fingerprint density at radius 3 is 0.986 bits per heavy atom. The van der Waals surface area contributed by atoms with E-state index in [9.17, 15) is 0 Å². The molecule has 2 aromatic heterocycles. The van der Waals surface area contributed by atoms with Gasteiger partial charge in [0.15, 0.2) is 11.2 Å². The summed E-state index contributed by atoms with van der Waals surface area (Å²) in [5.41, 5.74) is 18.1. The highest BCUT2D eigenvalue weighted by molar-refractivity contribution is 6.24. The van der Waals surface area contributed by atoms with Crippen molar-refractivity contribution >= 4 is 99.5 Å². The number of rotatable bonds is 12. The molecule has 0 amide bonds. The third-order valence-electron chi connectivity index (χ3n) is 15.2. The molecule has 11 aromatic rings. The quantitative estimate of drug-likeness (QED) is 0.122. The first-order valence-corrected chi connectivity index (χ1v) is 26.4. The summed E-state index contributed by atoms with van der Waals surface area (Å²) in [6.07, 6.45) is 0. The zero-order chi connectivity index (χ0) is 50.3. The Bertz CT molecular complexity index is 3570. The third-order valence-corrected chi connectivity index (χ3v) is 15.2. The zero-order valence-electron chi connectivity index (χ0n) is 44.2. The summed E-state index contributed by atoms with van der Waals surface area (Å²) in [4.78, 5) is 4.78. The van der Waals surface area contributed by atoms with E-state index in [0.29, 0.717) is 23.7 Å². The molecule has 2 heterocycles. The van der Waals surface area contributed by atoms with Crippen molar-refractivity contribution in [2.24, 2.45) is 0 Å². The van der Waals surface area contributed by atoms with E-state index in [1.165, 1.54) is 44.2 Å². The first-order valence-electron chi connectivity index (χ1n) is 26.4. The summed E-state index contributed by atoms with van der Waals surface area (Å²) in [6.45, 7) is 27.4. The summed E-state index contributed by atoms with van der Waals surface area (Å²) in [6, 6.07) is 59.0. The Labute approximate surface area is 425 Å². The Morgan fingerprint density at radius 2 is 0.639 bits per heavy atom. The molecule has 4 heteroatoms. The SMILES string of the molecule is CC(C)c1ccc(N(c2cccc(C(C)C)c2)c2ccc3cc4c(cc3c2)oc2c3oc5cc6cc(N(c7ccc(C(C)C)cc7)c7cccc(C(C)C)c7)ccc6cc5c3c(C(C)C)c(C(C)C)c42)cc1. The number of nitrogens with zero attached hydrogens (tertiary/aromatic N) is 2. The lowest BCUT2D eigenvalue weighted by Crippen LogP contribution is -2.10. The average molecular weight is 945 g/mol. The van der Waals surface area contributed by atoms with E-state index in [0.717, 1.165) is 88.8 Å². The maximum absolute atomic E-state index is 7.16. The Balaban J connectivity index is 1.09. The summed E-state index contributed by atoms with van der Waals surface area (Å²) < 4.78 is 14.3. The molecule has 0 N–H and O–H groups in total. The Kier molecular flexibility index (Phi) is 12.0. The second-order valence-electron chi connectivity index (χ2n) is 22.2. The van der Waals surface area contributed by atoms with Crippen LogP contribution in [-0.4, -0.2) is 0 Å². The molecule has 0 bridgehead atoms. The summed E-state index contributed by atoms with van der Waals surface area (Å²) >= 11 is 0. The maximum Gasteiger partial charge on any atom is 0.178 e. The highest BCUT2D eigenvalue weighted by Gasteiger charge is 2.28. The molecule has 0 fully saturated rings. The number of hydrogen-bond donors (Lipinski definition) is 0. The van der Waals surface area contributed by atoms with Gasteiger partial charge in [0.25, 0.3) is 0 Å². The summed E-state index contributed by atoms with van der Waals surface area (Å²) in [5.74, 6) is 2.23. The van der Waals surface area contributed by atoms with Gasteiger partial charge in [-0.2, -0.15) is 0 Å². The predicted octanol–water partition coefficient (Wildman–Crippen LogP) is 21.5. The minimum Gasteiger partial charge on any atom is -0.452 e. The van der Waals surface area contributed by atoms with Crippen molar-refractivity contribution in [3.05, 3.63) is 191 Å². The number of fused-ring (bicyclic) bond motifs is 9. The number of anilines is 6. The minimum atomic E-state index is 0.244. The molecule has 9 aromatic carbocycles. The number of benzene rings is 9. The fraction of sp³-hybridized carbons (Fsp3) is 0.265. The molecule has 0 radical (unpaired) electrons. The van der Waals surface area contributed by atoms with Gasteiger partial charge in [0.2, 0.25) is 0 Å². The van der Waals surface area contributed by atoms with Crippen LogP contribution in [0.4, 0.5) is 34.1 Å². The highest BCUT2D eigenvalue weighted by Crippen LogP contribution is 2.50. The van der Waals surface area contributed by atoms with E-state index in [4.69, 9.17) is 8.83 Å². The van der Waals surface area contributed by atoms with E-state index < -0.39 is 0 Å². The topological polar surface area (TPSA) is 32.8 Å². The predicted molar refractivity (Wildman–Crippen MR) is 310 cm³/mol. The van der Waals surface area contributed by atoms with Crippen molar-refractivity contribution in [2.45, 2.75) is 119 Å². The first kappa shape index (κ1) is 47.0. The van der Waals surface area contributed by atoms with Crippen molar-refractivity contribution in [2.75, 3.05) is 9.80 Å². The van der Waals surface area contributed by atoms with E-state index in [2.05, 4.69) is 251 Å². The highest BCUT2D eigenvalue weighted by atomic mass is 16.4. The van der Waals surface area contributed by atoms with Gasteiger partial charge < -0.3 is 18.6 Å². The van der Waals surface area contributed by atoms with Gasteiger partial charge in [-0.3, -0.25) is 0 Å². The smallest absolute Gasteiger partial charge is 0.178 e. The van der Waals surface area contributed by atoms with Gasteiger partial charge in [-0.15, -0.1) is 0 Å². The van der Waals surface area contributed by atoms with E-state index in [-0.39, 0.29) is 11.8 Å². The average Bonchev–Trinajstić information content (AvgIpc) is 3.92. The van der Waals surface area contributed by atoms with Crippen molar-refractivity contribution in [1.29, 1.82) is 0 Å². The molecule has 0 unspecified atom stereocenters. The molecule has 72 heavy (non-hydrogen) atoms. The molecule has 0 spiro atoms. The molecule has 0 aliphatic rings. The first-order chi connectivity index (χ1) is 34.6. The van der Waals surface area contributed by atoms with Crippen LogP contribution in [0.5, 0.6) is 0 Å². The van der Waals surface area contributed by atoms with Crippen LogP contribution in [0, 0.1) is 0 Å². The van der Waals surface area contributed by atoms with Gasteiger partial charge in [0.1, 0.15) is 11.2 Å². The standard InChI is InChI=1S/C68H68N2O2/c1-39(2)45-19-25-53(26-20-45)69(55-17-13-15-47(31-55)41(5)6)57-29-23-49-35-59-61(37-51(49)33-57)71-67-65(59)63(43(9)10)64(44(11)12)66-60-36-50-24-30-58(34-52(50)38-62(60)72-68(66)67)70(54-27-21-46(22-28-54)40(3)4)56-18-14-16-48(32-56)42(7)8/h13-44H,1-12H3. The normalized spacial score (nSPS) is 12.4. The molecule has 0 aliphatic carbocycles. The van der Waals surface area contributed by atoms with Crippen LogP contribution in [0.15, 0.2) is 167 Å². The summed E-state index contributed by atoms with van der Waals surface area (Å²) in [5, 5.41) is 9.18. The largest absolute Gasteiger partial charge is 0.452 e. The fourth-order valence-electron chi connectivity index (χ4n) is 11.2. The fourth-order valence-corrected chi connectivity index (χ4v) is 11.2. The van der Waals surface area contributed by atoms with Crippen molar-refractivity contribution in [3.63, 3.8) is 0 Å². The molecule has 4 nitrogen and oxygen atoms in total. The molecule has 11 rings (SSSR count). The van der Waals surface area contributed by atoms with E-state index in [1.807, 2.05) is 0 Å². The van der Waals surface area contributed by atoms with Crippen LogP contribution < -0.4 is 9.80 Å². The van der Waals surface area contributed by atoms with Gasteiger partial charge >= 0.3 is 0 Å². The Hall–Kier alpha value is -7.30. The van der Waals surface area contributed by atoms with Crippen LogP contribution >= 0.6 is 0 Å². The van der Waals surface area contributed by atoms with Crippen LogP contribution in [0.1, 0.15) is 152 Å². The lowest BCUT2D eigenvalue weighted by molar-refractivity contribution is 0.632. The van der Waals surface area contributed by atoms with Crippen LogP contribution in [0.3, 0.4) is 0 Å². The number of hydrogen-bond acceptors (Lipinski definition) is 4. The molecule has 0 aliphatic heterocycles. The molecular weight excluding hydrogens is 877 g/mol. The monoisotopic (exact) mass is 945 g/mol. The van der Waals surface area contributed by atoms with Crippen LogP contribution in [0.25, 0.3) is 65.4 Å². The van der Waals surface area contributed by atoms with Crippen molar-refractivity contribution in [1.82, 2.24) is 0 Å². The van der Waals surface area contributed by atoms with E-state index >= 15 is 0 Å². The number of furan rings is 2. The summed E-state index contributed by atoms with van der Waals surface area (Å²) in [7, 11) is 0. The van der Waals surface area contributed by atoms with E-state index in [1.54, 1.807) is 0 Å². The molecule has 362 valence electrons. The van der Waals surface area contributed by atoms with Gasteiger partial charge in [-0.25, -0.2) is 0 Å². The van der Waals surface area contributed by atoms with Crippen molar-refractivity contribution < 1.29 is 8.83 Å². The molecule has 0 saturated carbocycles. The molecule has 0 saturated heterocycles. The van der Waals surface area contributed by atoms with Gasteiger partial charge in [0.05, 0.1) is 0 Å². The van der Waals surface area contributed by atoms with Gasteiger partial charge in [-0.1, -0.05) is 144 Å². The molecular formula is C68H68N2O2. The minimum absolute atomic E-state index is 0.244. The van der Waals surface area contributed by atoms with Crippen molar-refractivity contribution in [3.8, 4) is 0 Å². The molecule has 0 atom stereocenters. The zero-order valence-corrected chi connectivity index (χ0v) is 44.2. The van der Waals surface area contributed by atoms with Gasteiger partial charge in [-0.05, 0) is 187 Å². The second-order valence-corrected chi connectivity index (χ2v) is 22.2. The Morgan fingerprint density at radius 1 is 0.292 bits per heavy atom. The third kappa shape index (κ3) is 8.19. The lowest BCUT2D eigenvalue weighted by atomic mass is 9.84. The lowest BCUT2D eigenvalue weighted by Gasteiger charge is -2.27. The van der Waals surface area contributed by atoms with Gasteiger partial charge in [0, 0.05) is 55.7 Å². The van der Waals surface area contributed by atoms with Crippen LogP contribution in [-0.2, 0) is 0 Å². The second kappa shape index (κ2) is 18.4. The maximum atomic E-state index is 7.16.